The average Bonchev–Trinajstić information content (AvgIpc) is 2.69. The van der Waals surface area contributed by atoms with Gasteiger partial charge in [-0.25, -0.2) is 8.42 Å². The zero-order valence-corrected chi connectivity index (χ0v) is 14.4. The zero-order valence-electron chi connectivity index (χ0n) is 12.1. The molecular formula is C14H17Cl2NO3S. The molecule has 1 aliphatic heterocycles. The molecule has 2 rings (SSSR count). The molecule has 1 fully saturated rings. The number of rotatable bonds is 2. The van der Waals surface area contributed by atoms with Gasteiger partial charge in [-0.3, -0.25) is 4.79 Å². The fourth-order valence-electron chi connectivity index (χ4n) is 2.67. The minimum Gasteiger partial charge on any atom is -0.334 e. The number of halogens is 2. The van der Waals surface area contributed by atoms with E-state index in [4.69, 9.17) is 22.3 Å². The molecule has 0 aromatic heterocycles. The molecular weight excluding hydrogens is 333 g/mol. The van der Waals surface area contributed by atoms with E-state index in [0.717, 1.165) is 12.8 Å². The van der Waals surface area contributed by atoms with Gasteiger partial charge < -0.3 is 4.90 Å². The van der Waals surface area contributed by atoms with E-state index in [1.165, 1.54) is 12.1 Å². The fourth-order valence-corrected chi connectivity index (χ4v) is 4.17. The van der Waals surface area contributed by atoms with Crippen LogP contribution in [0.3, 0.4) is 0 Å². The van der Waals surface area contributed by atoms with E-state index in [-0.39, 0.29) is 26.9 Å². The molecule has 0 saturated carbocycles. The van der Waals surface area contributed by atoms with Crippen molar-refractivity contribution < 1.29 is 13.2 Å². The molecule has 4 nitrogen and oxygen atoms in total. The van der Waals surface area contributed by atoms with Crippen molar-refractivity contribution in [1.29, 1.82) is 0 Å². The van der Waals surface area contributed by atoms with Crippen LogP contribution in [0, 0.1) is 6.92 Å². The van der Waals surface area contributed by atoms with Gasteiger partial charge in [0.15, 0.2) is 0 Å². The van der Waals surface area contributed by atoms with Crippen LogP contribution < -0.4 is 0 Å². The summed E-state index contributed by atoms with van der Waals surface area (Å²) < 4.78 is 23.2. The number of carbonyl (C=O) groups excluding carboxylic acids is 1. The van der Waals surface area contributed by atoms with Gasteiger partial charge in [0.05, 0.1) is 4.90 Å². The summed E-state index contributed by atoms with van der Waals surface area (Å²) in [5.41, 5.74) is 0.359. The third-order valence-electron chi connectivity index (χ3n) is 3.95. The highest BCUT2D eigenvalue weighted by Gasteiger charge is 2.36. The Morgan fingerprint density at radius 2 is 1.95 bits per heavy atom. The number of hydrogen-bond acceptors (Lipinski definition) is 3. The second-order valence-electron chi connectivity index (χ2n) is 5.89. The lowest BCUT2D eigenvalue weighted by Gasteiger charge is -2.31. The summed E-state index contributed by atoms with van der Waals surface area (Å²) in [6.45, 7) is 6.20. The van der Waals surface area contributed by atoms with Gasteiger partial charge in [0, 0.05) is 33.4 Å². The van der Waals surface area contributed by atoms with Crippen molar-refractivity contribution in [1.82, 2.24) is 4.90 Å². The Labute approximate surface area is 134 Å². The third-order valence-corrected chi connectivity index (χ3v) is 5.79. The number of benzene rings is 1. The Morgan fingerprint density at radius 1 is 1.33 bits per heavy atom. The molecule has 1 heterocycles. The number of carbonyl (C=O) groups is 1. The predicted octanol–water partition coefficient (Wildman–Crippen LogP) is 3.59. The number of likely N-dealkylation sites (tertiary alicyclic amines) is 1. The first-order valence-corrected chi connectivity index (χ1v) is 9.29. The summed E-state index contributed by atoms with van der Waals surface area (Å²) in [6, 6.07) is 2.81. The maximum atomic E-state index is 12.6. The molecule has 0 N–H and O–H groups in total. The molecule has 0 unspecified atom stereocenters. The Balaban J connectivity index is 2.51. The lowest BCUT2D eigenvalue weighted by Crippen LogP contribution is -2.42. The molecule has 21 heavy (non-hydrogen) atoms. The van der Waals surface area contributed by atoms with Crippen LogP contribution in [0.1, 0.15) is 42.6 Å². The van der Waals surface area contributed by atoms with E-state index in [1.807, 2.05) is 13.8 Å². The van der Waals surface area contributed by atoms with E-state index in [0.29, 0.717) is 12.1 Å². The molecule has 1 amide bonds. The van der Waals surface area contributed by atoms with Gasteiger partial charge in [-0.05, 0) is 51.3 Å². The molecule has 0 spiro atoms. The summed E-state index contributed by atoms with van der Waals surface area (Å²) >= 11 is 6.05. The van der Waals surface area contributed by atoms with Gasteiger partial charge in [0.1, 0.15) is 0 Å². The van der Waals surface area contributed by atoms with Crippen LogP contribution in [-0.2, 0) is 9.05 Å². The summed E-state index contributed by atoms with van der Waals surface area (Å²) in [5.74, 6) is -0.221. The van der Waals surface area contributed by atoms with Crippen LogP contribution in [0.15, 0.2) is 17.0 Å². The molecule has 0 aliphatic carbocycles. The number of amides is 1. The normalized spacial score (nSPS) is 18.0. The predicted molar refractivity (Wildman–Crippen MR) is 83.6 cm³/mol. The van der Waals surface area contributed by atoms with Crippen LogP contribution in [0.4, 0.5) is 0 Å². The standard InChI is InChI=1S/C14H17Cl2NO3S/c1-9-11(15)7-10(8-12(9)21(16,19)20)13(18)17-6-4-5-14(17,2)3/h7-8H,4-6H2,1-3H3. The Kier molecular flexibility index (Phi) is 4.30. The van der Waals surface area contributed by atoms with Gasteiger partial charge in [-0.2, -0.15) is 0 Å². The minimum atomic E-state index is -3.95. The van der Waals surface area contributed by atoms with Crippen LogP contribution in [0.5, 0.6) is 0 Å². The molecule has 0 radical (unpaired) electrons. The maximum Gasteiger partial charge on any atom is 0.261 e. The van der Waals surface area contributed by atoms with Gasteiger partial charge >= 0.3 is 0 Å². The Bertz CT molecular complexity index is 698. The zero-order chi connectivity index (χ0) is 16.0. The first-order valence-electron chi connectivity index (χ1n) is 6.61. The van der Waals surface area contributed by atoms with Gasteiger partial charge in [-0.1, -0.05) is 11.6 Å². The highest BCUT2D eigenvalue weighted by molar-refractivity contribution is 8.13. The minimum absolute atomic E-state index is 0.114. The third kappa shape index (κ3) is 3.20. The SMILES string of the molecule is Cc1c(Cl)cc(C(=O)N2CCCC2(C)C)cc1S(=O)(=O)Cl. The monoisotopic (exact) mass is 349 g/mol. The average molecular weight is 350 g/mol. The molecule has 116 valence electrons. The molecule has 1 aliphatic rings. The van der Waals surface area contributed by atoms with Crippen molar-refractivity contribution in [3.63, 3.8) is 0 Å². The van der Waals surface area contributed by atoms with E-state index in [1.54, 1.807) is 11.8 Å². The largest absolute Gasteiger partial charge is 0.334 e. The smallest absolute Gasteiger partial charge is 0.261 e. The van der Waals surface area contributed by atoms with Crippen molar-refractivity contribution in [3.8, 4) is 0 Å². The van der Waals surface area contributed by atoms with Crippen LogP contribution in [0.2, 0.25) is 5.02 Å². The summed E-state index contributed by atoms with van der Waals surface area (Å²) in [7, 11) is 1.47. The Hall–Kier alpha value is -0.780. The number of hydrogen-bond donors (Lipinski definition) is 0. The van der Waals surface area contributed by atoms with Gasteiger partial charge in [0.2, 0.25) is 0 Å². The van der Waals surface area contributed by atoms with Crippen LogP contribution >= 0.6 is 22.3 Å². The molecule has 7 heteroatoms. The molecule has 1 saturated heterocycles. The van der Waals surface area contributed by atoms with Crippen LogP contribution in [-0.4, -0.2) is 31.3 Å². The molecule has 0 bridgehead atoms. The van der Waals surface area contributed by atoms with Gasteiger partial charge in [0.25, 0.3) is 15.0 Å². The first-order chi connectivity index (χ1) is 9.54. The second-order valence-corrected chi connectivity index (χ2v) is 8.83. The summed E-state index contributed by atoms with van der Waals surface area (Å²) in [4.78, 5) is 14.3. The van der Waals surface area contributed by atoms with Crippen molar-refractivity contribution >= 4 is 37.2 Å². The lowest BCUT2D eigenvalue weighted by atomic mass is 10.0. The molecule has 0 atom stereocenters. The topological polar surface area (TPSA) is 54.5 Å². The van der Waals surface area contributed by atoms with E-state index in [2.05, 4.69) is 0 Å². The van der Waals surface area contributed by atoms with E-state index >= 15 is 0 Å². The van der Waals surface area contributed by atoms with E-state index in [9.17, 15) is 13.2 Å². The highest BCUT2D eigenvalue weighted by Crippen LogP contribution is 2.32. The maximum absolute atomic E-state index is 12.6. The fraction of sp³-hybridized carbons (Fsp3) is 0.500. The molecule has 1 aromatic carbocycles. The van der Waals surface area contributed by atoms with E-state index < -0.39 is 9.05 Å². The first kappa shape index (κ1) is 16.6. The van der Waals surface area contributed by atoms with Gasteiger partial charge in [-0.15, -0.1) is 0 Å². The van der Waals surface area contributed by atoms with Crippen molar-refractivity contribution in [2.75, 3.05) is 6.54 Å². The second kappa shape index (κ2) is 5.45. The molecule has 1 aromatic rings. The van der Waals surface area contributed by atoms with Crippen molar-refractivity contribution in [3.05, 3.63) is 28.3 Å². The quantitative estimate of drug-likeness (QED) is 0.766. The Morgan fingerprint density at radius 3 is 2.43 bits per heavy atom. The lowest BCUT2D eigenvalue weighted by molar-refractivity contribution is 0.0651. The van der Waals surface area contributed by atoms with Crippen molar-refractivity contribution in [2.45, 2.75) is 44.0 Å². The summed E-state index contributed by atoms with van der Waals surface area (Å²) in [6.07, 6.45) is 1.85. The number of nitrogens with zero attached hydrogens (tertiary/aromatic N) is 1. The summed E-state index contributed by atoms with van der Waals surface area (Å²) in [5, 5.41) is 0.220. The van der Waals surface area contributed by atoms with Crippen molar-refractivity contribution in [2.24, 2.45) is 0 Å². The highest BCUT2D eigenvalue weighted by atomic mass is 35.7. The van der Waals surface area contributed by atoms with Crippen LogP contribution in [0.25, 0.3) is 0 Å².